The van der Waals surface area contributed by atoms with Crippen molar-refractivity contribution in [1.29, 1.82) is 0 Å². The zero-order valence-electron chi connectivity index (χ0n) is 15.6. The van der Waals surface area contributed by atoms with Gasteiger partial charge < -0.3 is 5.11 Å². The lowest BCUT2D eigenvalue weighted by molar-refractivity contribution is -0.759. The Morgan fingerprint density at radius 3 is 1.75 bits per heavy atom. The van der Waals surface area contributed by atoms with Crippen molar-refractivity contribution in [3.63, 3.8) is 0 Å². The fourth-order valence-electron chi connectivity index (χ4n) is 3.02. The number of hydrogen-bond acceptors (Lipinski definition) is 2. The van der Waals surface area contributed by atoms with Gasteiger partial charge in [0, 0.05) is 25.4 Å². The molecule has 0 amide bonds. The van der Waals surface area contributed by atoms with Crippen molar-refractivity contribution in [2.45, 2.75) is 104 Å². The van der Waals surface area contributed by atoms with Gasteiger partial charge in [0.05, 0.1) is 0 Å². The van der Waals surface area contributed by atoms with Crippen LogP contribution in [-0.2, 0) is 11.3 Å². The summed E-state index contributed by atoms with van der Waals surface area (Å²) in [5, 5.41) is 15.8. The number of aromatic amines is 1. The summed E-state index contributed by atoms with van der Waals surface area (Å²) in [6.07, 6.45) is 15.3. The number of nitrogens with one attached hydrogen (secondary N) is 1. The van der Waals surface area contributed by atoms with Crippen molar-refractivity contribution in [2.75, 3.05) is 0 Å². The van der Waals surface area contributed by atoms with Gasteiger partial charge in [0.25, 0.3) is 0 Å². The lowest BCUT2D eigenvalue weighted by Crippen LogP contribution is -2.38. The van der Waals surface area contributed by atoms with Gasteiger partial charge >= 0.3 is 5.97 Å². The summed E-state index contributed by atoms with van der Waals surface area (Å²) in [5.74, 6) is -0.664. The average Bonchev–Trinajstić information content (AvgIpc) is 2.87. The molecule has 0 atom stereocenters. The van der Waals surface area contributed by atoms with Gasteiger partial charge in [-0.1, -0.05) is 63.0 Å². The second kappa shape index (κ2) is 13.0. The van der Waals surface area contributed by atoms with E-state index in [9.17, 15) is 4.79 Å². The minimum Gasteiger partial charge on any atom is -0.481 e. The number of carboxylic acid groups (broad SMARTS) is 1. The van der Waals surface area contributed by atoms with E-state index >= 15 is 0 Å². The van der Waals surface area contributed by atoms with Crippen LogP contribution in [0.4, 0.5) is 0 Å². The first kappa shape index (κ1) is 20.7. The van der Waals surface area contributed by atoms with Crippen molar-refractivity contribution in [2.24, 2.45) is 0 Å². The minimum atomic E-state index is -0.664. The van der Waals surface area contributed by atoms with Crippen LogP contribution in [0.15, 0.2) is 0 Å². The summed E-state index contributed by atoms with van der Waals surface area (Å²) >= 11 is 0. The lowest BCUT2D eigenvalue weighted by atomic mass is 10.0. The van der Waals surface area contributed by atoms with E-state index < -0.39 is 5.97 Å². The SMILES string of the molecule is Cc1n[nH][n+](CCCCCCCCCCCCCCC(=O)O)c1C. The molecule has 1 rings (SSSR count). The number of unbranched alkanes of at least 4 members (excludes halogenated alkanes) is 11. The van der Waals surface area contributed by atoms with Gasteiger partial charge in [0.1, 0.15) is 6.54 Å². The average molecular weight is 339 g/mol. The fourth-order valence-corrected chi connectivity index (χ4v) is 3.02. The van der Waals surface area contributed by atoms with E-state index in [1.165, 1.54) is 69.9 Å². The van der Waals surface area contributed by atoms with Gasteiger partial charge in [-0.25, -0.2) is 0 Å². The predicted molar refractivity (Wildman–Crippen MR) is 95.9 cm³/mol. The molecule has 0 fully saturated rings. The Kier molecular flexibility index (Phi) is 11.2. The Hall–Kier alpha value is -1.39. The minimum absolute atomic E-state index is 0.331. The van der Waals surface area contributed by atoms with Crippen molar-refractivity contribution < 1.29 is 14.6 Å². The Bertz CT molecular complexity index is 457. The molecule has 2 N–H and O–H groups in total. The van der Waals surface area contributed by atoms with Crippen LogP contribution < -0.4 is 4.68 Å². The molecule has 0 aliphatic carbocycles. The predicted octanol–water partition coefficient (Wildman–Crippen LogP) is 4.47. The number of aryl methyl sites for hydroxylation is 2. The molecule has 0 aliphatic rings. The summed E-state index contributed by atoms with van der Waals surface area (Å²) < 4.78 is 2.14. The Morgan fingerprint density at radius 2 is 1.33 bits per heavy atom. The third-order valence-electron chi connectivity index (χ3n) is 4.79. The van der Waals surface area contributed by atoms with E-state index in [1.807, 2.05) is 6.92 Å². The molecule has 5 nitrogen and oxygen atoms in total. The maximum absolute atomic E-state index is 10.4. The van der Waals surface area contributed by atoms with Crippen molar-refractivity contribution >= 4 is 5.97 Å². The second-order valence-corrected chi connectivity index (χ2v) is 6.92. The van der Waals surface area contributed by atoms with Crippen LogP contribution in [0, 0.1) is 13.8 Å². The van der Waals surface area contributed by atoms with Crippen molar-refractivity contribution in [3.8, 4) is 0 Å². The van der Waals surface area contributed by atoms with Crippen LogP contribution >= 0.6 is 0 Å². The highest BCUT2D eigenvalue weighted by atomic mass is 16.4. The highest BCUT2D eigenvalue weighted by Gasteiger charge is 2.11. The third-order valence-corrected chi connectivity index (χ3v) is 4.79. The van der Waals surface area contributed by atoms with E-state index in [1.54, 1.807) is 0 Å². The third kappa shape index (κ3) is 9.68. The van der Waals surface area contributed by atoms with E-state index in [0.717, 1.165) is 25.1 Å². The number of carboxylic acids is 1. The van der Waals surface area contributed by atoms with Crippen LogP contribution in [0.25, 0.3) is 0 Å². The number of H-pyrrole nitrogens is 1. The second-order valence-electron chi connectivity index (χ2n) is 6.92. The van der Waals surface area contributed by atoms with E-state index in [2.05, 4.69) is 21.9 Å². The normalized spacial score (nSPS) is 11.1. The molecule has 0 spiro atoms. The summed E-state index contributed by atoms with van der Waals surface area (Å²) in [5.41, 5.74) is 2.34. The Labute approximate surface area is 146 Å². The number of rotatable bonds is 15. The molecular formula is C19H36N3O2+. The van der Waals surface area contributed by atoms with Gasteiger partial charge in [-0.05, 0) is 19.3 Å². The maximum atomic E-state index is 10.4. The van der Waals surface area contributed by atoms with E-state index in [4.69, 9.17) is 5.11 Å². The molecule has 5 heteroatoms. The van der Waals surface area contributed by atoms with Crippen LogP contribution in [0.3, 0.4) is 0 Å². The molecule has 1 aromatic heterocycles. The first-order valence-corrected chi connectivity index (χ1v) is 9.74. The van der Waals surface area contributed by atoms with Gasteiger partial charge in [-0.2, -0.15) is 4.68 Å². The number of carbonyl (C=O) groups is 1. The van der Waals surface area contributed by atoms with E-state index in [0.29, 0.717) is 6.42 Å². The van der Waals surface area contributed by atoms with Crippen molar-refractivity contribution in [1.82, 2.24) is 10.3 Å². The quantitative estimate of drug-likeness (QED) is 0.366. The largest absolute Gasteiger partial charge is 0.481 e. The summed E-state index contributed by atoms with van der Waals surface area (Å²) in [7, 11) is 0. The molecule has 1 aromatic rings. The van der Waals surface area contributed by atoms with Gasteiger partial charge in [0.2, 0.25) is 5.69 Å². The van der Waals surface area contributed by atoms with Crippen LogP contribution in [0.2, 0.25) is 0 Å². The summed E-state index contributed by atoms with van der Waals surface area (Å²) in [4.78, 5) is 10.4. The number of aromatic nitrogens is 3. The standard InChI is InChI=1S/C19H35N3O2/c1-17-18(2)22(21-20-17)16-14-12-10-8-6-4-3-5-7-9-11-13-15-19(23)24/h3-16H2,1-2H3,(H,23,24)/p+1. The molecule has 0 saturated heterocycles. The Balaban J connectivity index is 1.79. The molecule has 0 aromatic carbocycles. The molecule has 24 heavy (non-hydrogen) atoms. The lowest BCUT2D eigenvalue weighted by Gasteiger charge is -2.03. The molecular weight excluding hydrogens is 302 g/mol. The first-order chi connectivity index (χ1) is 11.6. The fraction of sp³-hybridized carbons (Fsp3) is 0.842. The molecule has 138 valence electrons. The van der Waals surface area contributed by atoms with Gasteiger partial charge in [-0.15, -0.1) is 0 Å². The molecule has 0 bridgehead atoms. The molecule has 0 aliphatic heterocycles. The number of hydrogen-bond donors (Lipinski definition) is 2. The van der Waals surface area contributed by atoms with Gasteiger partial charge in [0.15, 0.2) is 5.69 Å². The number of aliphatic carboxylic acids is 1. The smallest absolute Gasteiger partial charge is 0.303 e. The highest BCUT2D eigenvalue weighted by Crippen LogP contribution is 2.12. The number of nitrogens with zero attached hydrogens (tertiary/aromatic N) is 2. The Morgan fingerprint density at radius 1 is 0.875 bits per heavy atom. The van der Waals surface area contributed by atoms with Gasteiger partial charge in [-0.3, -0.25) is 4.79 Å². The van der Waals surface area contributed by atoms with Crippen LogP contribution in [0.5, 0.6) is 0 Å². The zero-order valence-corrected chi connectivity index (χ0v) is 15.6. The molecule has 0 saturated carbocycles. The molecule has 1 heterocycles. The molecule has 0 radical (unpaired) electrons. The highest BCUT2D eigenvalue weighted by molar-refractivity contribution is 5.66. The van der Waals surface area contributed by atoms with E-state index in [-0.39, 0.29) is 0 Å². The van der Waals surface area contributed by atoms with Crippen LogP contribution in [-0.4, -0.2) is 21.4 Å². The van der Waals surface area contributed by atoms with Crippen LogP contribution in [0.1, 0.15) is 94.9 Å². The maximum Gasteiger partial charge on any atom is 0.303 e. The van der Waals surface area contributed by atoms with Crippen molar-refractivity contribution in [3.05, 3.63) is 11.4 Å². The topological polar surface area (TPSA) is 69.9 Å². The molecule has 0 unspecified atom stereocenters. The first-order valence-electron chi connectivity index (χ1n) is 9.74. The summed E-state index contributed by atoms with van der Waals surface area (Å²) in [6.45, 7) is 5.21. The zero-order chi connectivity index (χ0) is 17.6. The summed E-state index contributed by atoms with van der Waals surface area (Å²) in [6, 6.07) is 0. The monoisotopic (exact) mass is 338 g/mol.